The second kappa shape index (κ2) is 10.3. The first kappa shape index (κ1) is 24.7. The molecular weight excluding hydrogens is 528 g/mol. The molecule has 3 heterocycles. The van der Waals surface area contributed by atoms with Crippen molar-refractivity contribution in [1.82, 2.24) is 14.6 Å². The lowest BCUT2D eigenvalue weighted by Crippen LogP contribution is -2.00. The van der Waals surface area contributed by atoms with Crippen LogP contribution in [0.2, 0.25) is 0 Å². The number of ether oxygens (including phenoxy) is 4. The third kappa shape index (κ3) is 5.08. The Balaban J connectivity index is 1.21. The number of aromatic nitrogens is 3. The van der Waals surface area contributed by atoms with Gasteiger partial charge in [0.25, 0.3) is 5.19 Å². The van der Waals surface area contributed by atoms with E-state index in [1.54, 1.807) is 49.2 Å². The summed E-state index contributed by atoms with van der Waals surface area (Å²) < 4.78 is 57.3. The third-order valence-corrected chi connectivity index (χ3v) is 6.85. The van der Waals surface area contributed by atoms with Gasteiger partial charge < -0.3 is 23.4 Å². The number of hydrogen-bond acceptors (Lipinski definition) is 8. The fourth-order valence-electron chi connectivity index (χ4n) is 4.02. The molecule has 39 heavy (non-hydrogen) atoms. The van der Waals surface area contributed by atoms with Crippen LogP contribution in [0.4, 0.5) is 8.78 Å². The maximum atomic E-state index is 13.9. The van der Waals surface area contributed by atoms with Gasteiger partial charge in [-0.2, -0.15) is 0 Å². The topological polar surface area (TPSA) is 80.2 Å². The zero-order chi connectivity index (χ0) is 26.9. The summed E-state index contributed by atoms with van der Waals surface area (Å²) in [4.78, 5) is 5.27. The minimum Gasteiger partial charge on any atom is -0.496 e. The molecule has 0 unspecified atom stereocenters. The summed E-state index contributed by atoms with van der Waals surface area (Å²) in [5.74, 6) is 0.958. The Hall–Kier alpha value is -4.64. The molecular formula is C28H21F2N3O5S. The van der Waals surface area contributed by atoms with Gasteiger partial charge in [-0.05, 0) is 47.2 Å². The van der Waals surface area contributed by atoms with E-state index in [1.807, 2.05) is 18.2 Å². The summed E-state index contributed by atoms with van der Waals surface area (Å²) in [6.45, 7) is 0.202. The molecule has 8 nitrogen and oxygen atoms in total. The van der Waals surface area contributed by atoms with Gasteiger partial charge >= 0.3 is 0 Å². The Morgan fingerprint density at radius 3 is 2.62 bits per heavy atom. The molecule has 0 atom stereocenters. The second-order valence-corrected chi connectivity index (χ2v) is 9.45. The molecule has 6 aromatic rings. The van der Waals surface area contributed by atoms with Gasteiger partial charge in [0.05, 0.1) is 25.8 Å². The van der Waals surface area contributed by atoms with E-state index in [0.717, 1.165) is 17.0 Å². The minimum atomic E-state index is -0.651. The molecule has 0 aliphatic carbocycles. The molecule has 0 N–H and O–H groups in total. The van der Waals surface area contributed by atoms with Gasteiger partial charge in [0.15, 0.2) is 5.76 Å². The number of methoxy groups -OCH3 is 2. The number of rotatable bonds is 9. The van der Waals surface area contributed by atoms with Gasteiger partial charge in [-0.15, -0.1) is 5.10 Å². The molecule has 0 aliphatic heterocycles. The van der Waals surface area contributed by atoms with E-state index in [2.05, 4.69) is 10.1 Å². The molecule has 0 aliphatic rings. The summed E-state index contributed by atoms with van der Waals surface area (Å²) >= 11 is 1.33. The van der Waals surface area contributed by atoms with E-state index in [4.69, 9.17) is 23.4 Å². The maximum absolute atomic E-state index is 13.9. The molecule has 0 saturated heterocycles. The number of fused-ring (bicyclic) bond motifs is 2. The Kier molecular flexibility index (Phi) is 6.49. The summed E-state index contributed by atoms with van der Waals surface area (Å²) in [5.41, 5.74) is 2.31. The van der Waals surface area contributed by atoms with Crippen molar-refractivity contribution in [2.45, 2.75) is 13.2 Å². The van der Waals surface area contributed by atoms with Gasteiger partial charge in [0.1, 0.15) is 53.4 Å². The average Bonchev–Trinajstić information content (AvgIpc) is 3.64. The predicted octanol–water partition coefficient (Wildman–Crippen LogP) is 6.66. The molecule has 3 aromatic heterocycles. The SMILES string of the molecule is COc1cc(OCc2cccc(OCc3ccc(F)cc3F)c2)c2cc(-c3cn4nc(OC)sc4n3)oc2c1. The minimum absolute atomic E-state index is 0.0290. The highest BCUT2D eigenvalue weighted by atomic mass is 32.1. The van der Waals surface area contributed by atoms with E-state index in [-0.39, 0.29) is 18.8 Å². The lowest BCUT2D eigenvalue weighted by Gasteiger charge is -2.11. The summed E-state index contributed by atoms with van der Waals surface area (Å²) in [6, 6.07) is 16.1. The quantitative estimate of drug-likeness (QED) is 0.200. The molecule has 0 fully saturated rings. The van der Waals surface area contributed by atoms with Crippen molar-refractivity contribution in [1.29, 1.82) is 0 Å². The number of furan rings is 1. The van der Waals surface area contributed by atoms with E-state index < -0.39 is 11.6 Å². The summed E-state index contributed by atoms with van der Waals surface area (Å²) in [5, 5.41) is 5.58. The number of imidazole rings is 1. The zero-order valence-corrected chi connectivity index (χ0v) is 21.6. The van der Waals surface area contributed by atoms with Gasteiger partial charge in [-0.3, -0.25) is 0 Å². The van der Waals surface area contributed by atoms with Crippen LogP contribution in [0.5, 0.6) is 22.4 Å². The molecule has 198 valence electrons. The van der Waals surface area contributed by atoms with Crippen molar-refractivity contribution < 1.29 is 32.1 Å². The highest BCUT2D eigenvalue weighted by molar-refractivity contribution is 7.18. The Labute approximate surface area is 224 Å². The van der Waals surface area contributed by atoms with Crippen LogP contribution in [0.25, 0.3) is 27.4 Å². The van der Waals surface area contributed by atoms with Gasteiger partial charge in [0.2, 0.25) is 4.96 Å². The largest absolute Gasteiger partial charge is 0.496 e. The molecule has 11 heteroatoms. The van der Waals surface area contributed by atoms with E-state index in [0.29, 0.717) is 44.4 Å². The first-order valence-corrected chi connectivity index (χ1v) is 12.6. The van der Waals surface area contributed by atoms with Crippen LogP contribution in [0.1, 0.15) is 11.1 Å². The fraction of sp³-hybridized carbons (Fsp3) is 0.143. The van der Waals surface area contributed by atoms with Crippen LogP contribution in [0.15, 0.2) is 71.3 Å². The number of nitrogens with zero attached hydrogens (tertiary/aromatic N) is 3. The standard InChI is InChI=1S/C28H21F2N3O5S/c1-34-20-10-24(21-12-26(38-25(21)11-20)23-13-33-27(31-23)39-28(32-33)35-2)37-14-16-4-3-5-19(8-16)36-15-17-6-7-18(29)9-22(17)30/h3-13H,14-15H2,1-2H3. The van der Waals surface area contributed by atoms with Crippen molar-refractivity contribution in [3.05, 3.63) is 89.6 Å². The molecule has 0 amide bonds. The molecule has 0 radical (unpaired) electrons. The van der Waals surface area contributed by atoms with Crippen LogP contribution in [-0.2, 0) is 13.2 Å². The third-order valence-electron chi connectivity index (χ3n) is 5.96. The molecule has 0 bridgehead atoms. The Bertz CT molecular complexity index is 1760. The highest BCUT2D eigenvalue weighted by Crippen LogP contribution is 2.37. The summed E-state index contributed by atoms with van der Waals surface area (Å²) in [6.07, 6.45) is 1.77. The average molecular weight is 550 g/mol. The first-order valence-electron chi connectivity index (χ1n) is 11.8. The zero-order valence-electron chi connectivity index (χ0n) is 20.8. The van der Waals surface area contributed by atoms with E-state index in [1.165, 1.54) is 23.5 Å². The second-order valence-electron chi connectivity index (χ2n) is 8.53. The number of benzene rings is 3. The van der Waals surface area contributed by atoms with Crippen LogP contribution >= 0.6 is 11.3 Å². The van der Waals surface area contributed by atoms with Gasteiger partial charge in [-0.25, -0.2) is 18.3 Å². The van der Waals surface area contributed by atoms with E-state index in [9.17, 15) is 8.78 Å². The molecule has 6 rings (SSSR count). The number of hydrogen-bond donors (Lipinski definition) is 0. The predicted molar refractivity (Wildman–Crippen MR) is 141 cm³/mol. The Morgan fingerprint density at radius 2 is 1.82 bits per heavy atom. The number of halogens is 2. The van der Waals surface area contributed by atoms with Crippen LogP contribution in [0.3, 0.4) is 0 Å². The monoisotopic (exact) mass is 549 g/mol. The van der Waals surface area contributed by atoms with Crippen molar-refractivity contribution in [2.75, 3.05) is 14.2 Å². The molecule has 0 spiro atoms. The molecule has 3 aromatic carbocycles. The van der Waals surface area contributed by atoms with Crippen LogP contribution < -0.4 is 18.9 Å². The van der Waals surface area contributed by atoms with Crippen molar-refractivity contribution in [3.63, 3.8) is 0 Å². The summed E-state index contributed by atoms with van der Waals surface area (Å²) in [7, 11) is 3.13. The first-order chi connectivity index (χ1) is 19.0. The van der Waals surface area contributed by atoms with Crippen molar-refractivity contribution in [2.24, 2.45) is 0 Å². The van der Waals surface area contributed by atoms with E-state index >= 15 is 0 Å². The van der Waals surface area contributed by atoms with Crippen LogP contribution in [-0.4, -0.2) is 28.8 Å². The highest BCUT2D eigenvalue weighted by Gasteiger charge is 2.17. The normalized spacial score (nSPS) is 11.3. The maximum Gasteiger partial charge on any atom is 0.294 e. The smallest absolute Gasteiger partial charge is 0.294 e. The molecule has 0 saturated carbocycles. The van der Waals surface area contributed by atoms with Crippen molar-refractivity contribution in [3.8, 4) is 33.9 Å². The lowest BCUT2D eigenvalue weighted by molar-refractivity contribution is 0.292. The lowest BCUT2D eigenvalue weighted by atomic mass is 10.2. The van der Waals surface area contributed by atoms with Gasteiger partial charge in [0, 0.05) is 23.8 Å². The van der Waals surface area contributed by atoms with Crippen LogP contribution in [0, 0.1) is 11.6 Å². The Morgan fingerprint density at radius 1 is 0.923 bits per heavy atom. The van der Waals surface area contributed by atoms with Crippen molar-refractivity contribution >= 4 is 27.3 Å². The fourth-order valence-corrected chi connectivity index (χ4v) is 4.71. The van der Waals surface area contributed by atoms with Gasteiger partial charge in [-0.1, -0.05) is 12.1 Å².